The number of hydrogen-bond donors (Lipinski definition) is 1. The fraction of sp³-hybridized carbons (Fsp3) is 0.263. The van der Waals surface area contributed by atoms with Crippen molar-refractivity contribution in [1.29, 1.82) is 0 Å². The van der Waals surface area contributed by atoms with Gasteiger partial charge in [-0.05, 0) is 37.1 Å². The molecule has 0 saturated carbocycles. The number of piperidine rings is 1. The second kappa shape index (κ2) is 6.95. The number of rotatable bonds is 3. The lowest BCUT2D eigenvalue weighted by Crippen LogP contribution is -2.43. The highest BCUT2D eigenvalue weighted by Gasteiger charge is 2.29. The smallest absolute Gasteiger partial charge is 0.253 e. The van der Waals surface area contributed by atoms with Crippen molar-refractivity contribution in [2.75, 3.05) is 18.4 Å². The molecule has 0 aliphatic carbocycles. The Morgan fingerprint density at radius 2 is 1.96 bits per heavy atom. The summed E-state index contributed by atoms with van der Waals surface area (Å²) in [6.45, 7) is 1.09. The highest BCUT2D eigenvalue weighted by Crippen LogP contribution is 2.21. The average Bonchev–Trinajstić information content (AvgIpc) is 3.18. The number of likely N-dealkylation sites (tertiary alicyclic amines) is 1. The maximum absolute atomic E-state index is 12.7. The molecule has 1 aliphatic heterocycles. The van der Waals surface area contributed by atoms with Crippen LogP contribution in [0, 0.1) is 5.92 Å². The van der Waals surface area contributed by atoms with E-state index in [4.69, 9.17) is 0 Å². The molecule has 7 nitrogen and oxygen atoms in total. The molecule has 0 bridgehead atoms. The Morgan fingerprint density at radius 3 is 2.81 bits per heavy atom. The SMILES string of the molecule is O=C(Nc1cccc2nccn12)[C@@H]1CCCN(C(=O)c2ccncc2)C1. The highest BCUT2D eigenvalue weighted by molar-refractivity contribution is 5.96. The summed E-state index contributed by atoms with van der Waals surface area (Å²) in [5.41, 5.74) is 1.38. The largest absolute Gasteiger partial charge is 0.338 e. The number of imidazole rings is 1. The van der Waals surface area contributed by atoms with Gasteiger partial charge in [-0.3, -0.25) is 19.0 Å². The van der Waals surface area contributed by atoms with Crippen LogP contribution in [0.25, 0.3) is 5.65 Å². The van der Waals surface area contributed by atoms with Crippen molar-refractivity contribution in [3.63, 3.8) is 0 Å². The molecule has 132 valence electrons. The predicted molar refractivity (Wildman–Crippen MR) is 96.7 cm³/mol. The standard InChI is InChI=1S/C19H19N5O2/c25-18(22-17-5-1-4-16-21-10-12-24(16)17)15-3-2-11-23(13-15)19(26)14-6-8-20-9-7-14/h1,4-10,12,15H,2-3,11,13H2,(H,22,25)/t15-/m1/s1. The number of carbonyl (C=O) groups is 2. The Hall–Kier alpha value is -3.22. The zero-order valence-corrected chi connectivity index (χ0v) is 14.2. The minimum atomic E-state index is -0.228. The number of carbonyl (C=O) groups excluding carboxylic acids is 2. The van der Waals surface area contributed by atoms with Crippen LogP contribution in [0.3, 0.4) is 0 Å². The van der Waals surface area contributed by atoms with Gasteiger partial charge < -0.3 is 10.2 Å². The van der Waals surface area contributed by atoms with Gasteiger partial charge in [0.2, 0.25) is 5.91 Å². The molecule has 0 unspecified atom stereocenters. The summed E-state index contributed by atoms with van der Waals surface area (Å²) >= 11 is 0. The molecule has 1 atom stereocenters. The van der Waals surface area contributed by atoms with E-state index in [0.29, 0.717) is 24.5 Å². The molecule has 26 heavy (non-hydrogen) atoms. The topological polar surface area (TPSA) is 79.6 Å². The third-order valence-electron chi connectivity index (χ3n) is 4.69. The summed E-state index contributed by atoms with van der Waals surface area (Å²) in [4.78, 5) is 35.3. The molecule has 4 rings (SSSR count). The third-order valence-corrected chi connectivity index (χ3v) is 4.69. The van der Waals surface area contributed by atoms with Gasteiger partial charge in [0, 0.05) is 43.4 Å². The summed E-state index contributed by atoms with van der Waals surface area (Å²) in [7, 11) is 0. The molecule has 3 aromatic heterocycles. The van der Waals surface area contributed by atoms with Gasteiger partial charge in [0.15, 0.2) is 0 Å². The summed E-state index contributed by atoms with van der Waals surface area (Å²) in [5.74, 6) is 0.330. The Balaban J connectivity index is 1.46. The van der Waals surface area contributed by atoms with E-state index in [2.05, 4.69) is 15.3 Å². The van der Waals surface area contributed by atoms with Crippen molar-refractivity contribution in [2.45, 2.75) is 12.8 Å². The number of nitrogens with one attached hydrogen (secondary N) is 1. The van der Waals surface area contributed by atoms with Crippen LogP contribution in [0.2, 0.25) is 0 Å². The minimum absolute atomic E-state index is 0.0541. The van der Waals surface area contributed by atoms with E-state index in [9.17, 15) is 9.59 Å². The highest BCUT2D eigenvalue weighted by atomic mass is 16.2. The minimum Gasteiger partial charge on any atom is -0.338 e. The van der Waals surface area contributed by atoms with Crippen LogP contribution in [0.4, 0.5) is 5.82 Å². The van der Waals surface area contributed by atoms with Crippen molar-refractivity contribution in [3.8, 4) is 0 Å². The van der Waals surface area contributed by atoms with Gasteiger partial charge in [0.25, 0.3) is 5.91 Å². The second-order valence-electron chi connectivity index (χ2n) is 6.38. The van der Waals surface area contributed by atoms with Crippen LogP contribution in [-0.4, -0.2) is 44.2 Å². The van der Waals surface area contributed by atoms with Crippen molar-refractivity contribution in [3.05, 3.63) is 60.7 Å². The number of amides is 2. The Kier molecular flexibility index (Phi) is 4.35. The van der Waals surface area contributed by atoms with Gasteiger partial charge in [0.05, 0.1) is 5.92 Å². The summed E-state index contributed by atoms with van der Waals surface area (Å²) in [5, 5.41) is 2.98. The predicted octanol–water partition coefficient (Wildman–Crippen LogP) is 2.22. The molecule has 0 radical (unpaired) electrons. The average molecular weight is 349 g/mol. The normalized spacial score (nSPS) is 17.2. The van der Waals surface area contributed by atoms with Crippen molar-refractivity contribution < 1.29 is 9.59 Å². The number of hydrogen-bond acceptors (Lipinski definition) is 4. The summed E-state index contributed by atoms with van der Waals surface area (Å²) < 4.78 is 1.83. The lowest BCUT2D eigenvalue weighted by molar-refractivity contribution is -0.121. The molecular weight excluding hydrogens is 330 g/mol. The van der Waals surface area contributed by atoms with Crippen LogP contribution in [0.1, 0.15) is 23.2 Å². The number of nitrogens with zero attached hydrogens (tertiary/aromatic N) is 4. The van der Waals surface area contributed by atoms with Gasteiger partial charge in [-0.15, -0.1) is 0 Å². The first-order chi connectivity index (χ1) is 12.7. The van der Waals surface area contributed by atoms with E-state index in [-0.39, 0.29) is 17.7 Å². The van der Waals surface area contributed by atoms with Gasteiger partial charge in [0.1, 0.15) is 11.5 Å². The number of pyridine rings is 2. The molecule has 1 N–H and O–H groups in total. The number of aromatic nitrogens is 3. The number of anilines is 1. The molecule has 3 aromatic rings. The summed E-state index contributed by atoms with van der Waals surface area (Å²) in [6.07, 6.45) is 8.29. The molecule has 1 saturated heterocycles. The maximum atomic E-state index is 12.7. The third kappa shape index (κ3) is 3.15. The van der Waals surface area contributed by atoms with Crippen LogP contribution >= 0.6 is 0 Å². The van der Waals surface area contributed by atoms with Crippen LogP contribution in [0.15, 0.2) is 55.1 Å². The fourth-order valence-corrected chi connectivity index (χ4v) is 3.33. The first-order valence-corrected chi connectivity index (χ1v) is 8.64. The van der Waals surface area contributed by atoms with E-state index < -0.39 is 0 Å². The second-order valence-corrected chi connectivity index (χ2v) is 6.38. The molecule has 1 aliphatic rings. The fourth-order valence-electron chi connectivity index (χ4n) is 3.33. The Labute approximate surface area is 150 Å². The summed E-state index contributed by atoms with van der Waals surface area (Å²) in [6, 6.07) is 8.98. The first-order valence-electron chi connectivity index (χ1n) is 8.64. The van der Waals surface area contributed by atoms with Gasteiger partial charge >= 0.3 is 0 Å². The van der Waals surface area contributed by atoms with Crippen molar-refractivity contribution in [2.24, 2.45) is 5.92 Å². The van der Waals surface area contributed by atoms with Crippen LogP contribution < -0.4 is 5.32 Å². The first kappa shape index (κ1) is 16.3. The quantitative estimate of drug-likeness (QED) is 0.786. The van der Waals surface area contributed by atoms with E-state index in [1.165, 1.54) is 0 Å². The van der Waals surface area contributed by atoms with Crippen LogP contribution in [-0.2, 0) is 4.79 Å². The van der Waals surface area contributed by atoms with Gasteiger partial charge in [-0.1, -0.05) is 6.07 Å². The Morgan fingerprint density at radius 1 is 1.12 bits per heavy atom. The van der Waals surface area contributed by atoms with Gasteiger partial charge in [-0.25, -0.2) is 4.98 Å². The zero-order chi connectivity index (χ0) is 17.9. The molecule has 1 fully saturated rings. The molecule has 7 heteroatoms. The molecule has 0 aromatic carbocycles. The molecule has 0 spiro atoms. The lowest BCUT2D eigenvalue weighted by Gasteiger charge is -2.32. The molecular formula is C19H19N5O2. The zero-order valence-electron chi connectivity index (χ0n) is 14.2. The van der Waals surface area contributed by atoms with Crippen molar-refractivity contribution >= 4 is 23.3 Å². The van der Waals surface area contributed by atoms with Crippen LogP contribution in [0.5, 0.6) is 0 Å². The van der Waals surface area contributed by atoms with Crippen molar-refractivity contribution in [1.82, 2.24) is 19.3 Å². The number of fused-ring (bicyclic) bond motifs is 1. The maximum Gasteiger partial charge on any atom is 0.253 e. The molecule has 4 heterocycles. The monoisotopic (exact) mass is 349 g/mol. The van der Waals surface area contributed by atoms with E-state index in [0.717, 1.165) is 18.5 Å². The van der Waals surface area contributed by atoms with E-state index >= 15 is 0 Å². The Bertz CT molecular complexity index is 937. The van der Waals surface area contributed by atoms with Gasteiger partial charge in [-0.2, -0.15) is 0 Å². The van der Waals surface area contributed by atoms with E-state index in [1.807, 2.05) is 28.8 Å². The van der Waals surface area contributed by atoms with E-state index in [1.54, 1.807) is 35.6 Å². The molecule has 2 amide bonds. The lowest BCUT2D eigenvalue weighted by atomic mass is 9.96.